The minimum Gasteiger partial charge on any atom is -0.497 e. The van der Waals surface area contributed by atoms with E-state index in [1.807, 2.05) is 18.2 Å². The van der Waals surface area contributed by atoms with E-state index in [9.17, 15) is 9.59 Å². The highest BCUT2D eigenvalue weighted by molar-refractivity contribution is 9.10. The molecule has 5 nitrogen and oxygen atoms in total. The van der Waals surface area contributed by atoms with E-state index in [4.69, 9.17) is 4.74 Å². The first-order chi connectivity index (χ1) is 8.60. The van der Waals surface area contributed by atoms with E-state index < -0.39 is 11.2 Å². The van der Waals surface area contributed by atoms with Crippen molar-refractivity contribution in [2.45, 2.75) is 6.54 Å². The molecule has 0 atom stereocenters. The minimum atomic E-state index is -0.433. The van der Waals surface area contributed by atoms with Crippen molar-refractivity contribution in [3.05, 3.63) is 61.3 Å². The quantitative estimate of drug-likeness (QED) is 0.931. The van der Waals surface area contributed by atoms with Crippen LogP contribution in [-0.4, -0.2) is 16.7 Å². The van der Waals surface area contributed by atoms with E-state index in [0.29, 0.717) is 12.3 Å². The molecule has 1 N–H and O–H groups in total. The molecule has 18 heavy (non-hydrogen) atoms. The third-order valence-corrected chi connectivity index (χ3v) is 3.26. The summed E-state index contributed by atoms with van der Waals surface area (Å²) in [6.07, 6.45) is 1.47. The van der Waals surface area contributed by atoms with Gasteiger partial charge >= 0.3 is 5.69 Å². The van der Waals surface area contributed by atoms with Crippen LogP contribution in [0, 0.1) is 0 Å². The van der Waals surface area contributed by atoms with E-state index in [1.165, 1.54) is 16.8 Å². The molecule has 0 aliphatic rings. The summed E-state index contributed by atoms with van der Waals surface area (Å²) in [4.78, 5) is 24.7. The monoisotopic (exact) mass is 310 g/mol. The number of hydrogen-bond donors (Lipinski definition) is 1. The standard InChI is InChI=1S/C12H11BrN2O3/c1-18-9-2-3-10(13)8(6-9)7-15-5-4-11(16)14-12(15)17/h2-6H,7H2,1H3,(H,14,16,17). The van der Waals surface area contributed by atoms with Crippen molar-refractivity contribution in [1.29, 1.82) is 0 Å². The number of hydrogen-bond acceptors (Lipinski definition) is 3. The summed E-state index contributed by atoms with van der Waals surface area (Å²) >= 11 is 3.41. The molecule has 0 bridgehead atoms. The first-order valence-corrected chi connectivity index (χ1v) is 6.01. The fourth-order valence-corrected chi connectivity index (χ4v) is 1.92. The van der Waals surface area contributed by atoms with Crippen LogP contribution in [0.15, 0.2) is 44.5 Å². The van der Waals surface area contributed by atoms with Gasteiger partial charge in [-0.2, -0.15) is 0 Å². The third-order valence-electron chi connectivity index (χ3n) is 2.49. The lowest BCUT2D eigenvalue weighted by molar-refractivity contribution is 0.414. The Morgan fingerprint density at radius 3 is 2.78 bits per heavy atom. The molecular formula is C12H11BrN2O3. The van der Waals surface area contributed by atoms with Crippen molar-refractivity contribution in [2.75, 3.05) is 7.11 Å². The normalized spacial score (nSPS) is 10.3. The second-order valence-electron chi connectivity index (χ2n) is 3.70. The maximum atomic E-state index is 11.6. The molecule has 1 aromatic heterocycles. The molecule has 2 aromatic rings. The topological polar surface area (TPSA) is 64.1 Å². The van der Waals surface area contributed by atoms with Crippen LogP contribution in [0.25, 0.3) is 0 Å². The van der Waals surface area contributed by atoms with Crippen molar-refractivity contribution in [3.8, 4) is 5.75 Å². The van der Waals surface area contributed by atoms with Crippen molar-refractivity contribution in [2.24, 2.45) is 0 Å². The van der Waals surface area contributed by atoms with Gasteiger partial charge in [-0.1, -0.05) is 15.9 Å². The highest BCUT2D eigenvalue weighted by atomic mass is 79.9. The van der Waals surface area contributed by atoms with Crippen LogP contribution < -0.4 is 16.0 Å². The summed E-state index contributed by atoms with van der Waals surface area (Å²) in [6.45, 7) is 0.355. The molecule has 0 aliphatic heterocycles. The zero-order chi connectivity index (χ0) is 13.1. The Balaban J connectivity index is 2.39. The number of halogens is 1. The number of aromatic nitrogens is 2. The van der Waals surface area contributed by atoms with Crippen molar-refractivity contribution in [3.63, 3.8) is 0 Å². The minimum absolute atomic E-state index is 0.355. The Morgan fingerprint density at radius 1 is 1.33 bits per heavy atom. The number of aromatic amines is 1. The molecule has 0 saturated heterocycles. The maximum Gasteiger partial charge on any atom is 0.328 e. The summed E-state index contributed by atoms with van der Waals surface area (Å²) in [5, 5.41) is 0. The van der Waals surface area contributed by atoms with E-state index in [1.54, 1.807) is 7.11 Å². The van der Waals surface area contributed by atoms with Gasteiger partial charge in [0, 0.05) is 16.7 Å². The molecule has 0 aliphatic carbocycles. The average molecular weight is 311 g/mol. The first-order valence-electron chi connectivity index (χ1n) is 5.22. The molecule has 0 spiro atoms. The molecule has 94 valence electrons. The van der Waals surface area contributed by atoms with Gasteiger partial charge in [0.2, 0.25) is 0 Å². The number of ether oxygens (including phenoxy) is 1. The summed E-state index contributed by atoms with van der Waals surface area (Å²) in [7, 11) is 1.58. The number of benzene rings is 1. The van der Waals surface area contributed by atoms with Crippen LogP contribution >= 0.6 is 15.9 Å². The summed E-state index contributed by atoms with van der Waals surface area (Å²) in [6, 6.07) is 6.82. The van der Waals surface area contributed by atoms with Gasteiger partial charge in [0.1, 0.15) is 5.75 Å². The van der Waals surface area contributed by atoms with Gasteiger partial charge in [0.05, 0.1) is 13.7 Å². The lowest BCUT2D eigenvalue weighted by atomic mass is 10.2. The molecule has 0 saturated carbocycles. The van der Waals surface area contributed by atoms with Crippen LogP contribution in [0.2, 0.25) is 0 Å². The van der Waals surface area contributed by atoms with Crippen LogP contribution in [0.3, 0.4) is 0 Å². The van der Waals surface area contributed by atoms with Gasteiger partial charge < -0.3 is 4.74 Å². The Kier molecular flexibility index (Phi) is 3.66. The molecule has 0 radical (unpaired) electrons. The summed E-state index contributed by atoms with van der Waals surface area (Å²) < 4.78 is 7.42. The number of nitrogens with zero attached hydrogens (tertiary/aromatic N) is 1. The third kappa shape index (κ3) is 2.70. The Labute approximate surface area is 111 Å². The fraction of sp³-hybridized carbons (Fsp3) is 0.167. The van der Waals surface area contributed by atoms with Gasteiger partial charge in [-0.25, -0.2) is 4.79 Å². The Morgan fingerprint density at radius 2 is 2.11 bits per heavy atom. The molecule has 6 heteroatoms. The lowest BCUT2D eigenvalue weighted by Gasteiger charge is -2.08. The highest BCUT2D eigenvalue weighted by Gasteiger charge is 2.04. The SMILES string of the molecule is COc1ccc(Br)c(Cn2ccc(=O)[nH]c2=O)c1. The molecule has 1 aromatic carbocycles. The predicted molar refractivity (Wildman–Crippen MR) is 71.1 cm³/mol. The Hall–Kier alpha value is -1.82. The maximum absolute atomic E-state index is 11.6. The summed E-state index contributed by atoms with van der Waals surface area (Å²) in [5.74, 6) is 0.714. The molecule has 0 unspecified atom stereocenters. The zero-order valence-electron chi connectivity index (χ0n) is 9.64. The number of nitrogens with one attached hydrogen (secondary N) is 1. The van der Waals surface area contributed by atoms with E-state index in [2.05, 4.69) is 20.9 Å². The molecule has 2 rings (SSSR count). The van der Waals surface area contributed by atoms with Crippen molar-refractivity contribution >= 4 is 15.9 Å². The fourth-order valence-electron chi connectivity index (χ4n) is 1.55. The lowest BCUT2D eigenvalue weighted by Crippen LogP contribution is -2.28. The van der Waals surface area contributed by atoms with Crippen LogP contribution in [-0.2, 0) is 6.54 Å². The second kappa shape index (κ2) is 5.22. The van der Waals surface area contributed by atoms with Crippen LogP contribution in [0.5, 0.6) is 5.75 Å². The summed E-state index contributed by atoms with van der Waals surface area (Å²) in [5.41, 5.74) is 0.0571. The second-order valence-corrected chi connectivity index (χ2v) is 4.55. The Bertz CT molecular complexity index is 676. The van der Waals surface area contributed by atoms with E-state index >= 15 is 0 Å². The van der Waals surface area contributed by atoms with E-state index in [0.717, 1.165) is 10.0 Å². The molecular weight excluding hydrogens is 300 g/mol. The highest BCUT2D eigenvalue weighted by Crippen LogP contribution is 2.22. The van der Waals surface area contributed by atoms with Crippen molar-refractivity contribution in [1.82, 2.24) is 9.55 Å². The molecule has 0 fully saturated rings. The first kappa shape index (κ1) is 12.6. The van der Waals surface area contributed by atoms with E-state index in [-0.39, 0.29) is 0 Å². The number of H-pyrrole nitrogens is 1. The van der Waals surface area contributed by atoms with Gasteiger partial charge in [-0.3, -0.25) is 14.3 Å². The van der Waals surface area contributed by atoms with Gasteiger partial charge in [-0.05, 0) is 23.8 Å². The number of methoxy groups -OCH3 is 1. The average Bonchev–Trinajstić information content (AvgIpc) is 2.35. The predicted octanol–water partition coefficient (Wildman–Crippen LogP) is 1.36. The van der Waals surface area contributed by atoms with Crippen molar-refractivity contribution < 1.29 is 4.74 Å². The zero-order valence-corrected chi connectivity index (χ0v) is 11.2. The molecule has 0 amide bonds. The van der Waals surface area contributed by atoms with Gasteiger partial charge in [-0.15, -0.1) is 0 Å². The van der Waals surface area contributed by atoms with Gasteiger partial charge in [0.15, 0.2) is 0 Å². The largest absolute Gasteiger partial charge is 0.497 e. The van der Waals surface area contributed by atoms with Gasteiger partial charge in [0.25, 0.3) is 5.56 Å². The smallest absolute Gasteiger partial charge is 0.328 e. The van der Waals surface area contributed by atoms with Crippen LogP contribution in [0.1, 0.15) is 5.56 Å². The van der Waals surface area contributed by atoms with Crippen LogP contribution in [0.4, 0.5) is 0 Å². The number of rotatable bonds is 3. The molecule has 1 heterocycles.